The van der Waals surface area contributed by atoms with E-state index in [1.165, 1.54) is 51.5 Å². The van der Waals surface area contributed by atoms with Crippen molar-refractivity contribution >= 4 is 29.5 Å². The Labute approximate surface area is 558 Å². The van der Waals surface area contributed by atoms with Gasteiger partial charge in [-0.05, 0) is 127 Å². The molecule has 6 rings (SSSR count). The molecule has 0 aromatic carbocycles. The molecule has 0 bridgehead atoms. The molecule has 532 valence electrons. The van der Waals surface area contributed by atoms with Gasteiger partial charge in [0.15, 0.2) is 17.2 Å². The number of hydrogen-bond acceptors (Lipinski definition) is 16. The third-order valence-corrected chi connectivity index (χ3v) is 23.2. The first-order chi connectivity index (χ1) is 43.4. The zero-order valence-electron chi connectivity index (χ0n) is 59.9. The molecule has 6 aliphatic rings. The fraction of sp³-hybridized carbons (Fsp3) is 0.829. The van der Waals surface area contributed by atoms with Crippen LogP contribution in [0.5, 0.6) is 0 Å². The molecule has 17 heteroatoms. The second kappa shape index (κ2) is 34.1. The van der Waals surface area contributed by atoms with Gasteiger partial charge in [0.25, 0.3) is 0 Å². The van der Waals surface area contributed by atoms with Crippen molar-refractivity contribution in [3.8, 4) is 0 Å². The van der Waals surface area contributed by atoms with Crippen LogP contribution >= 0.6 is 0 Å². The zero-order valence-corrected chi connectivity index (χ0v) is 59.9. The van der Waals surface area contributed by atoms with Gasteiger partial charge in [-0.15, -0.1) is 0 Å². The summed E-state index contributed by atoms with van der Waals surface area (Å²) in [5, 5.41) is 86.7. The number of aliphatic hydroxyl groups is 7. The molecular formula is C76H126O17. The van der Waals surface area contributed by atoms with Gasteiger partial charge in [0.05, 0.1) is 59.7 Å². The standard InChI is InChI=1S/C41H72O9.C35H54O8/c1-25(21-29(5)34(43)24-35(44)30(6)22-27(3)20-26(2)14-15-38(46)47)12-11-13-28(4)39(48)31(7)36(45)23-33-16-18-41(10,49-33)37-17-19-40(9,50-37)32(8)42;1-7-8-9-10-11-12-13-14-15-16-17-28(38)42-31-23(3)34(41)26(29-32(5,6)35(29,31)43-24(4)37)19-25(21-36)20-33(40)27(34)18-22(2)30(33)39/h11,13,24-33,36-37,39,42-43,45,48H,12,14-23H2,1-10H3,(H,46,47);18-19,23,26-27,29,31,36,40-41H,7-17,20-21H2,1-6H3/b13-11+,34-24?;/t25-,26-,27+,28-,29-,30+,31+,32-,33+,36+,37-,39-,40+,41+;23-,26+,27-,29-,31-,33-,34-,35-/m11/s1. The number of carbonyl (C=O) groups excluding carboxylic acids is 4. The molecule has 93 heavy (non-hydrogen) atoms. The van der Waals surface area contributed by atoms with Crippen LogP contribution in [0, 0.1) is 70.5 Å². The van der Waals surface area contributed by atoms with Crippen LogP contribution in [0.1, 0.15) is 258 Å². The first-order valence-corrected chi connectivity index (χ1v) is 36.0. The third kappa shape index (κ3) is 19.3. The highest BCUT2D eigenvalue weighted by molar-refractivity contribution is 6.05. The molecule has 17 nitrogen and oxygen atoms in total. The normalized spacial score (nSPS) is 33.8. The van der Waals surface area contributed by atoms with Crippen molar-refractivity contribution in [3.05, 3.63) is 47.3 Å². The lowest BCUT2D eigenvalue weighted by atomic mass is 9.59. The molecule has 2 saturated carbocycles. The van der Waals surface area contributed by atoms with Crippen LogP contribution in [0.25, 0.3) is 0 Å². The molecule has 2 saturated heterocycles. The van der Waals surface area contributed by atoms with E-state index in [4.69, 9.17) is 24.1 Å². The Morgan fingerprint density at radius 2 is 1.39 bits per heavy atom. The largest absolute Gasteiger partial charge is 0.512 e. The molecule has 0 spiro atoms. The van der Waals surface area contributed by atoms with Crippen molar-refractivity contribution < 1.29 is 83.8 Å². The van der Waals surface area contributed by atoms with Gasteiger partial charge >= 0.3 is 17.9 Å². The fourth-order valence-electron chi connectivity index (χ4n) is 17.0. The van der Waals surface area contributed by atoms with Crippen LogP contribution < -0.4 is 0 Å². The van der Waals surface area contributed by atoms with Crippen LogP contribution in [-0.4, -0.2) is 142 Å². The minimum atomic E-state index is -1.93. The van der Waals surface area contributed by atoms with Gasteiger partial charge in [-0.1, -0.05) is 158 Å². The van der Waals surface area contributed by atoms with Gasteiger partial charge in [0.1, 0.15) is 11.7 Å². The van der Waals surface area contributed by atoms with Crippen molar-refractivity contribution in [2.24, 2.45) is 70.5 Å². The number of allylic oxidation sites excluding steroid dienone is 3. The fourth-order valence-corrected chi connectivity index (χ4v) is 17.0. The lowest BCUT2D eigenvalue weighted by Gasteiger charge is -2.53. The summed E-state index contributed by atoms with van der Waals surface area (Å²) in [6, 6.07) is 0. The van der Waals surface area contributed by atoms with Gasteiger partial charge in [-0.3, -0.25) is 24.0 Å². The number of ketones is 2. The molecule has 22 atom stereocenters. The van der Waals surface area contributed by atoms with E-state index in [-0.39, 0.29) is 91.0 Å². The van der Waals surface area contributed by atoms with Gasteiger partial charge in [0, 0.05) is 85.0 Å². The van der Waals surface area contributed by atoms with Crippen molar-refractivity contribution in [2.75, 3.05) is 6.61 Å². The molecule has 0 aromatic rings. The molecule has 0 radical (unpaired) electrons. The molecule has 0 unspecified atom stereocenters. The summed E-state index contributed by atoms with van der Waals surface area (Å²) in [5.41, 5.74) is -5.72. The first-order valence-electron chi connectivity index (χ1n) is 36.0. The maximum absolute atomic E-state index is 13.3. The highest BCUT2D eigenvalue weighted by atomic mass is 16.6. The summed E-state index contributed by atoms with van der Waals surface area (Å²) in [5.74, 6) is -5.11. The topological polar surface area (TPSA) is 284 Å². The van der Waals surface area contributed by atoms with Crippen LogP contribution in [0.3, 0.4) is 0 Å². The lowest BCUT2D eigenvalue weighted by molar-refractivity contribution is -0.228. The van der Waals surface area contributed by atoms with Crippen LogP contribution in [-0.2, 0) is 42.9 Å². The van der Waals surface area contributed by atoms with E-state index < -0.39 is 105 Å². The number of carboxylic acids is 1. The van der Waals surface area contributed by atoms with E-state index in [1.807, 2.05) is 54.5 Å². The number of aliphatic hydroxyl groups excluding tert-OH is 5. The first kappa shape index (κ1) is 79.9. The van der Waals surface area contributed by atoms with Gasteiger partial charge < -0.3 is 59.8 Å². The van der Waals surface area contributed by atoms with Gasteiger partial charge in [0.2, 0.25) is 0 Å². The predicted octanol–water partition coefficient (Wildman–Crippen LogP) is 13.2. The van der Waals surface area contributed by atoms with Crippen molar-refractivity contribution in [1.29, 1.82) is 0 Å². The molecule has 0 amide bonds. The van der Waals surface area contributed by atoms with Gasteiger partial charge in [-0.25, -0.2) is 0 Å². The Balaban J connectivity index is 0.000000340. The Kier molecular flexibility index (Phi) is 29.3. The average Bonchev–Trinajstić information content (AvgIpc) is 1.47. The highest BCUT2D eigenvalue weighted by Crippen LogP contribution is 2.77. The number of rotatable bonds is 36. The molecule has 0 aromatic heterocycles. The Morgan fingerprint density at radius 3 is 1.97 bits per heavy atom. The number of hydrogen-bond donors (Lipinski definition) is 8. The van der Waals surface area contributed by atoms with E-state index in [0.717, 1.165) is 57.8 Å². The number of fused-ring (bicyclic) bond motifs is 5. The summed E-state index contributed by atoms with van der Waals surface area (Å²) in [6.45, 7) is 30.1. The van der Waals surface area contributed by atoms with E-state index in [0.29, 0.717) is 43.3 Å². The van der Waals surface area contributed by atoms with E-state index >= 15 is 0 Å². The molecular weight excluding hydrogens is 1180 g/mol. The average molecular weight is 1310 g/mol. The van der Waals surface area contributed by atoms with Gasteiger partial charge in [-0.2, -0.15) is 0 Å². The van der Waals surface area contributed by atoms with E-state index in [2.05, 4.69) is 40.7 Å². The summed E-state index contributed by atoms with van der Waals surface area (Å²) < 4.78 is 25.0. The van der Waals surface area contributed by atoms with Crippen molar-refractivity contribution in [2.45, 2.75) is 323 Å². The van der Waals surface area contributed by atoms with E-state index in [9.17, 15) is 59.7 Å². The van der Waals surface area contributed by atoms with Crippen molar-refractivity contribution in [1.82, 2.24) is 0 Å². The summed E-state index contributed by atoms with van der Waals surface area (Å²) in [7, 11) is 0. The summed E-state index contributed by atoms with van der Waals surface area (Å²) >= 11 is 0. The number of Topliss-reactive ketones (excluding diaryl/α,β-unsaturated/α-hetero) is 1. The van der Waals surface area contributed by atoms with Crippen LogP contribution in [0.2, 0.25) is 0 Å². The van der Waals surface area contributed by atoms with Crippen LogP contribution in [0.4, 0.5) is 0 Å². The Bertz CT molecular complexity index is 2610. The Morgan fingerprint density at radius 1 is 0.774 bits per heavy atom. The SMILES string of the molecule is CCCCCCCCCCCCC(=O)O[C@@H]1[C@@H](C)[C@@]2(O)[C@@H](C=C(CO)C[C@]3(O)C(=O)C(C)=C[C@@H]23)[C@@H]2C(C)(C)[C@]12OC(C)=O.C[C@H](CCC(=O)O)C[C@H](C)C[C@H](C)C(=O)C=C(O)[C@H](C)C[C@H](C)C/C=C/[C@@H](C)[C@@H](O)[C@@H](C)[C@@H](O)C[C@@H]1CC[C@@](C)([C@H]2CC[C@@](C)([C@@H](C)O)O2)O1. The third-order valence-electron chi connectivity index (χ3n) is 23.2. The second-order valence-electron chi connectivity index (χ2n) is 31.5. The number of unbranched alkanes of at least 4 members (excludes halogenated alkanes) is 9. The number of aliphatic carboxylic acids is 1. The minimum absolute atomic E-state index is 0.0809. The molecule has 4 fully saturated rings. The summed E-state index contributed by atoms with van der Waals surface area (Å²) in [4.78, 5) is 62.8. The van der Waals surface area contributed by atoms with E-state index in [1.54, 1.807) is 32.9 Å². The Hall–Kier alpha value is -3.81. The quantitative estimate of drug-likeness (QED) is 0.00951. The maximum atomic E-state index is 13.3. The molecule has 2 heterocycles. The second-order valence-corrected chi connectivity index (χ2v) is 31.5. The predicted molar refractivity (Wildman–Crippen MR) is 360 cm³/mol. The van der Waals surface area contributed by atoms with Crippen LogP contribution in [0.15, 0.2) is 47.3 Å². The lowest BCUT2D eigenvalue weighted by Crippen LogP contribution is -2.66. The monoisotopic (exact) mass is 1310 g/mol. The highest BCUT2D eigenvalue weighted by Gasteiger charge is 2.88. The maximum Gasteiger partial charge on any atom is 0.306 e. The summed E-state index contributed by atoms with van der Waals surface area (Å²) in [6.07, 6.45) is 24.8. The minimum Gasteiger partial charge on any atom is -0.512 e. The molecule has 4 aliphatic carbocycles. The number of esters is 2. The zero-order chi connectivity index (χ0) is 69.8. The number of ether oxygens (including phenoxy) is 4. The smallest absolute Gasteiger partial charge is 0.306 e. The molecule has 8 N–H and O–H groups in total. The number of carboxylic acid groups (broad SMARTS) is 1. The molecule has 2 aliphatic heterocycles. The van der Waals surface area contributed by atoms with Crippen molar-refractivity contribution in [3.63, 3.8) is 0 Å². The number of carbonyl (C=O) groups is 5.